The number of sulfonamides is 1. The maximum Gasteiger partial charge on any atom is 0.338 e. The molecule has 0 radical (unpaired) electrons. The Labute approximate surface area is 176 Å². The van der Waals surface area contributed by atoms with Crippen LogP contribution < -0.4 is 10.6 Å². The lowest BCUT2D eigenvalue weighted by Crippen LogP contribution is -2.48. The third-order valence-corrected chi connectivity index (χ3v) is 6.15. The van der Waals surface area contributed by atoms with Crippen molar-refractivity contribution in [2.45, 2.75) is 50.9 Å². The standard InChI is InChI=1S/C19H27N3O7S/c1-5-20-19(25)21-17(23)14(4)29-18(24)15-7-6-8-16(9-15)30(26,27)22-10-12(2)28-13(3)11-22/h6-9,12-14H,5,10-11H2,1-4H3,(H2,20,21,23,25)/t12-,13+,14-/m0/s1. The molecule has 3 amide bonds. The van der Waals surface area contributed by atoms with Crippen LogP contribution in [-0.4, -0.2) is 68.6 Å². The topological polar surface area (TPSA) is 131 Å². The number of nitrogens with zero attached hydrogens (tertiary/aromatic N) is 1. The smallest absolute Gasteiger partial charge is 0.338 e. The number of hydrogen-bond acceptors (Lipinski definition) is 7. The van der Waals surface area contributed by atoms with E-state index in [1.807, 2.05) is 5.32 Å². The minimum atomic E-state index is -3.84. The quantitative estimate of drug-likeness (QED) is 0.626. The summed E-state index contributed by atoms with van der Waals surface area (Å²) in [7, 11) is -3.84. The second kappa shape index (κ2) is 10.0. The second-order valence-electron chi connectivity index (χ2n) is 7.00. The molecule has 1 aromatic carbocycles. The zero-order chi connectivity index (χ0) is 22.5. The first-order chi connectivity index (χ1) is 14.0. The van der Waals surface area contributed by atoms with Gasteiger partial charge in [0.15, 0.2) is 6.10 Å². The Kier molecular flexibility index (Phi) is 7.93. The predicted octanol–water partition coefficient (Wildman–Crippen LogP) is 0.876. The highest BCUT2D eigenvalue weighted by molar-refractivity contribution is 7.89. The van der Waals surface area contributed by atoms with Crippen molar-refractivity contribution >= 4 is 27.9 Å². The van der Waals surface area contributed by atoms with Gasteiger partial charge in [0.25, 0.3) is 5.91 Å². The first kappa shape index (κ1) is 23.8. The van der Waals surface area contributed by atoms with Crippen LogP contribution in [0, 0.1) is 0 Å². The van der Waals surface area contributed by atoms with Crippen LogP contribution in [0.5, 0.6) is 0 Å². The molecule has 11 heteroatoms. The third kappa shape index (κ3) is 6.00. The molecule has 1 aromatic rings. The molecule has 1 aliphatic heterocycles. The van der Waals surface area contributed by atoms with E-state index in [1.54, 1.807) is 20.8 Å². The molecule has 0 aliphatic carbocycles. The summed E-state index contributed by atoms with van der Waals surface area (Å²) in [5, 5.41) is 4.43. The lowest BCUT2D eigenvalue weighted by molar-refractivity contribution is -0.127. The fourth-order valence-corrected chi connectivity index (χ4v) is 4.60. The van der Waals surface area contributed by atoms with Gasteiger partial charge in [-0.1, -0.05) is 6.07 Å². The van der Waals surface area contributed by atoms with Crippen LogP contribution in [0.4, 0.5) is 4.79 Å². The van der Waals surface area contributed by atoms with Crippen LogP contribution in [0.25, 0.3) is 0 Å². The van der Waals surface area contributed by atoms with Crippen molar-refractivity contribution < 1.29 is 32.3 Å². The van der Waals surface area contributed by atoms with Crippen LogP contribution in [0.1, 0.15) is 38.1 Å². The lowest BCUT2D eigenvalue weighted by Gasteiger charge is -2.34. The molecule has 1 fully saturated rings. The number of benzene rings is 1. The van der Waals surface area contributed by atoms with Gasteiger partial charge < -0.3 is 14.8 Å². The van der Waals surface area contributed by atoms with E-state index in [0.29, 0.717) is 6.54 Å². The van der Waals surface area contributed by atoms with E-state index in [-0.39, 0.29) is 35.8 Å². The van der Waals surface area contributed by atoms with Gasteiger partial charge in [0.1, 0.15) is 0 Å². The van der Waals surface area contributed by atoms with Crippen LogP contribution in [0.2, 0.25) is 0 Å². The number of amides is 3. The maximum absolute atomic E-state index is 13.0. The maximum atomic E-state index is 13.0. The number of imide groups is 1. The molecule has 2 rings (SSSR count). The Balaban J connectivity index is 2.11. The second-order valence-corrected chi connectivity index (χ2v) is 8.94. The average molecular weight is 442 g/mol. The van der Waals surface area contributed by atoms with Gasteiger partial charge in [-0.3, -0.25) is 10.1 Å². The van der Waals surface area contributed by atoms with E-state index >= 15 is 0 Å². The van der Waals surface area contributed by atoms with E-state index < -0.39 is 34.0 Å². The molecule has 0 aromatic heterocycles. The van der Waals surface area contributed by atoms with Crippen molar-refractivity contribution in [3.8, 4) is 0 Å². The van der Waals surface area contributed by atoms with Crippen molar-refractivity contribution in [1.29, 1.82) is 0 Å². The van der Waals surface area contributed by atoms with Crippen LogP contribution in [0.15, 0.2) is 29.2 Å². The summed E-state index contributed by atoms with van der Waals surface area (Å²) in [6, 6.07) is 4.71. The minimum Gasteiger partial charge on any atom is -0.449 e. The van der Waals surface area contributed by atoms with E-state index in [2.05, 4.69) is 5.32 Å². The third-order valence-electron chi connectivity index (χ3n) is 4.32. The summed E-state index contributed by atoms with van der Waals surface area (Å²) in [6.07, 6.45) is -1.75. The summed E-state index contributed by atoms with van der Waals surface area (Å²) in [5.74, 6) is -1.68. The highest BCUT2D eigenvalue weighted by Gasteiger charge is 2.32. The molecular weight excluding hydrogens is 414 g/mol. The highest BCUT2D eigenvalue weighted by atomic mass is 32.2. The monoisotopic (exact) mass is 441 g/mol. The first-order valence-corrected chi connectivity index (χ1v) is 11.0. The summed E-state index contributed by atoms with van der Waals surface area (Å²) in [6.45, 7) is 7.32. The number of nitrogens with one attached hydrogen (secondary N) is 2. The molecule has 1 heterocycles. The van der Waals surface area contributed by atoms with Crippen molar-refractivity contribution in [2.75, 3.05) is 19.6 Å². The number of carbonyl (C=O) groups excluding carboxylic acids is 3. The van der Waals surface area contributed by atoms with Crippen molar-refractivity contribution in [2.24, 2.45) is 0 Å². The molecule has 2 N–H and O–H groups in total. The SMILES string of the molecule is CCNC(=O)NC(=O)[C@H](C)OC(=O)c1cccc(S(=O)(=O)N2C[C@@H](C)O[C@@H](C)C2)c1. The molecular formula is C19H27N3O7S. The minimum absolute atomic E-state index is 0.0249. The fourth-order valence-electron chi connectivity index (χ4n) is 2.96. The van der Waals surface area contributed by atoms with Gasteiger partial charge in [0.2, 0.25) is 10.0 Å². The molecule has 30 heavy (non-hydrogen) atoms. The van der Waals surface area contributed by atoms with Gasteiger partial charge in [-0.15, -0.1) is 0 Å². The fraction of sp³-hybridized carbons (Fsp3) is 0.526. The Morgan fingerprint density at radius 2 is 1.87 bits per heavy atom. The lowest BCUT2D eigenvalue weighted by atomic mass is 10.2. The van der Waals surface area contributed by atoms with E-state index in [0.717, 1.165) is 0 Å². The largest absolute Gasteiger partial charge is 0.449 e. The molecule has 166 valence electrons. The molecule has 10 nitrogen and oxygen atoms in total. The Hall–Kier alpha value is -2.50. The summed E-state index contributed by atoms with van der Waals surface area (Å²) in [4.78, 5) is 35.7. The van der Waals surface area contributed by atoms with E-state index in [4.69, 9.17) is 9.47 Å². The Morgan fingerprint density at radius 3 is 2.47 bits per heavy atom. The van der Waals surface area contributed by atoms with Gasteiger partial charge in [-0.05, 0) is 45.9 Å². The number of urea groups is 1. The van der Waals surface area contributed by atoms with Crippen molar-refractivity contribution in [1.82, 2.24) is 14.9 Å². The average Bonchev–Trinajstić information content (AvgIpc) is 2.67. The molecule has 0 unspecified atom stereocenters. The molecule has 1 saturated heterocycles. The van der Waals surface area contributed by atoms with Crippen LogP contribution in [-0.2, 0) is 24.3 Å². The van der Waals surface area contributed by atoms with Crippen molar-refractivity contribution in [3.63, 3.8) is 0 Å². The van der Waals surface area contributed by atoms with Gasteiger partial charge in [-0.25, -0.2) is 18.0 Å². The number of ether oxygens (including phenoxy) is 2. The van der Waals surface area contributed by atoms with Gasteiger partial charge in [0.05, 0.1) is 22.7 Å². The van der Waals surface area contributed by atoms with E-state index in [1.165, 1.54) is 35.5 Å². The summed E-state index contributed by atoms with van der Waals surface area (Å²) in [5.41, 5.74) is -0.0249. The van der Waals surface area contributed by atoms with Crippen LogP contribution >= 0.6 is 0 Å². The van der Waals surface area contributed by atoms with E-state index in [9.17, 15) is 22.8 Å². The zero-order valence-electron chi connectivity index (χ0n) is 17.4. The number of carbonyl (C=O) groups is 3. The Bertz CT molecular complexity index is 893. The Morgan fingerprint density at radius 1 is 1.23 bits per heavy atom. The van der Waals surface area contributed by atoms with Crippen LogP contribution in [0.3, 0.4) is 0 Å². The first-order valence-electron chi connectivity index (χ1n) is 9.60. The molecule has 3 atom stereocenters. The van der Waals surface area contributed by atoms with Gasteiger partial charge in [0, 0.05) is 19.6 Å². The summed E-state index contributed by atoms with van der Waals surface area (Å²) >= 11 is 0. The predicted molar refractivity (Wildman–Crippen MR) is 107 cm³/mol. The molecule has 0 spiro atoms. The molecule has 1 aliphatic rings. The normalized spacial score (nSPS) is 20.8. The summed E-state index contributed by atoms with van der Waals surface area (Å²) < 4.78 is 37.9. The number of hydrogen-bond donors (Lipinski definition) is 2. The zero-order valence-corrected chi connectivity index (χ0v) is 18.2. The number of esters is 1. The van der Waals surface area contributed by atoms with Gasteiger partial charge >= 0.3 is 12.0 Å². The molecule has 0 saturated carbocycles. The van der Waals surface area contributed by atoms with Crippen molar-refractivity contribution in [3.05, 3.63) is 29.8 Å². The molecule has 0 bridgehead atoms. The highest BCUT2D eigenvalue weighted by Crippen LogP contribution is 2.22. The van der Waals surface area contributed by atoms with Gasteiger partial charge in [-0.2, -0.15) is 4.31 Å². The number of morpholine rings is 1. The number of rotatable bonds is 6.